The minimum atomic E-state index is -0.314. The molecule has 4 heterocycles. The topological polar surface area (TPSA) is 88.6 Å². The third-order valence-corrected chi connectivity index (χ3v) is 6.51. The summed E-state index contributed by atoms with van der Waals surface area (Å²) in [5.41, 5.74) is 4.41. The number of nitrogens with one attached hydrogen (secondary N) is 1. The molecule has 0 fully saturated rings. The maximum Gasteiger partial charge on any atom is 0.174 e. The van der Waals surface area contributed by atoms with Crippen molar-refractivity contribution in [3.63, 3.8) is 0 Å². The molecule has 0 radical (unpaired) electrons. The predicted octanol–water partition coefficient (Wildman–Crippen LogP) is 4.60. The number of pyridine rings is 1. The van der Waals surface area contributed by atoms with Gasteiger partial charge >= 0.3 is 0 Å². The van der Waals surface area contributed by atoms with Crippen molar-refractivity contribution in [2.75, 3.05) is 19.0 Å². The number of aliphatic hydroxyl groups excluding tert-OH is 1. The van der Waals surface area contributed by atoms with Crippen molar-refractivity contribution in [2.45, 2.75) is 32.3 Å². The maximum atomic E-state index is 13.9. The first-order valence-corrected chi connectivity index (χ1v) is 11.6. The number of hydrogen-bond acceptors (Lipinski definition) is 7. The van der Waals surface area contributed by atoms with Crippen molar-refractivity contribution >= 4 is 23.2 Å². The van der Waals surface area contributed by atoms with E-state index >= 15 is 0 Å². The number of ether oxygens (including phenoxy) is 1. The van der Waals surface area contributed by atoms with Gasteiger partial charge in [-0.25, -0.2) is 9.37 Å². The highest BCUT2D eigenvalue weighted by molar-refractivity contribution is 6.33. The minimum absolute atomic E-state index is 0.0832. The molecule has 0 saturated carbocycles. The van der Waals surface area contributed by atoms with Crippen molar-refractivity contribution in [3.05, 3.63) is 82.7 Å². The normalized spacial score (nSPS) is 15.8. The molecule has 0 spiro atoms. The fraction of sp³-hybridized carbons (Fsp3) is 0.280. The molecule has 0 unspecified atom stereocenters. The molecule has 8 nitrogen and oxygen atoms in total. The van der Waals surface area contributed by atoms with Crippen molar-refractivity contribution in [2.24, 2.45) is 0 Å². The first kappa shape index (κ1) is 23.5. The van der Waals surface area contributed by atoms with Crippen LogP contribution in [0.1, 0.15) is 16.8 Å². The fourth-order valence-electron chi connectivity index (χ4n) is 4.47. The summed E-state index contributed by atoms with van der Waals surface area (Å²) in [4.78, 5) is 6.58. The Bertz CT molecular complexity index is 1310. The van der Waals surface area contributed by atoms with E-state index in [4.69, 9.17) is 20.9 Å². The lowest BCUT2D eigenvalue weighted by molar-refractivity contribution is 0.0536. The van der Waals surface area contributed by atoms with Gasteiger partial charge in [0.2, 0.25) is 0 Å². The zero-order valence-electron chi connectivity index (χ0n) is 19.1. The molecule has 3 aromatic heterocycles. The largest absolute Gasteiger partial charge is 0.392 e. The van der Waals surface area contributed by atoms with Crippen LogP contribution in [0, 0.1) is 5.82 Å². The second-order valence-corrected chi connectivity index (χ2v) is 8.92. The molecule has 2 N–H and O–H groups in total. The zero-order chi connectivity index (χ0) is 24.4. The van der Waals surface area contributed by atoms with Gasteiger partial charge in [0.05, 0.1) is 24.3 Å². The average molecular weight is 498 g/mol. The molecule has 0 aliphatic carbocycles. The van der Waals surface area contributed by atoms with Crippen LogP contribution in [0.3, 0.4) is 0 Å². The van der Waals surface area contributed by atoms with Crippen molar-refractivity contribution in [1.82, 2.24) is 19.6 Å². The van der Waals surface area contributed by atoms with Crippen LogP contribution in [-0.2, 0) is 31.0 Å². The van der Waals surface area contributed by atoms with E-state index in [9.17, 15) is 9.50 Å². The van der Waals surface area contributed by atoms with Gasteiger partial charge in [-0.3, -0.25) is 4.90 Å². The van der Waals surface area contributed by atoms with Gasteiger partial charge < -0.3 is 24.3 Å². The number of nitrogens with zero attached hydrogens (tertiary/aromatic N) is 4. The standard InChI is InChI=1S/C25H25ClFN5O3/c1-34-15-21-13-31-11-18(22-8-25(28-9-23(22)26)29-24-4-5-35-30-24)7-20(31)12-32(21)10-17-6-19(27)3-2-16(17)14-33/h2-9,11,21,33H,10,12-15H2,1H3,(H,28,29,30)/t21-/m1/s1. The van der Waals surface area contributed by atoms with Gasteiger partial charge in [-0.15, -0.1) is 0 Å². The number of hydrogen-bond donors (Lipinski definition) is 2. The van der Waals surface area contributed by atoms with Crippen molar-refractivity contribution in [1.29, 1.82) is 0 Å². The van der Waals surface area contributed by atoms with Gasteiger partial charge in [0.25, 0.3) is 0 Å². The van der Waals surface area contributed by atoms with Crippen LogP contribution in [0.25, 0.3) is 11.1 Å². The van der Waals surface area contributed by atoms with E-state index in [0.29, 0.717) is 42.9 Å². The molecule has 5 rings (SSSR count). The molecule has 0 bridgehead atoms. The van der Waals surface area contributed by atoms with Crippen LogP contribution < -0.4 is 5.32 Å². The molecule has 1 aliphatic heterocycles. The Labute approximate surface area is 206 Å². The molecule has 10 heteroatoms. The molecular weight excluding hydrogens is 473 g/mol. The van der Waals surface area contributed by atoms with Crippen LogP contribution in [0.5, 0.6) is 0 Å². The van der Waals surface area contributed by atoms with Crippen molar-refractivity contribution < 1.29 is 18.8 Å². The van der Waals surface area contributed by atoms with Gasteiger partial charge in [0.15, 0.2) is 5.82 Å². The SMILES string of the molecule is COC[C@H]1Cn2cc(-c3cc(Nc4ccon4)ncc3Cl)cc2CN1Cc1cc(F)ccc1CO. The van der Waals surface area contributed by atoms with E-state index in [1.54, 1.807) is 25.4 Å². The smallest absolute Gasteiger partial charge is 0.174 e. The summed E-state index contributed by atoms with van der Waals surface area (Å²) in [5.74, 6) is 0.842. The van der Waals surface area contributed by atoms with E-state index in [2.05, 4.69) is 37.2 Å². The lowest BCUT2D eigenvalue weighted by atomic mass is 10.0. The van der Waals surface area contributed by atoms with Crippen LogP contribution in [-0.4, -0.2) is 44.5 Å². The van der Waals surface area contributed by atoms with Gasteiger partial charge in [-0.1, -0.05) is 22.8 Å². The Kier molecular flexibility index (Phi) is 6.83. The Morgan fingerprint density at radius 2 is 2.11 bits per heavy atom. The Balaban J connectivity index is 1.43. The van der Waals surface area contributed by atoms with Crippen LogP contribution in [0.15, 0.2) is 59.6 Å². The number of fused-ring (bicyclic) bond motifs is 1. The second kappa shape index (κ2) is 10.2. The average Bonchev–Trinajstić information content (AvgIpc) is 3.50. The molecule has 1 aliphatic rings. The Morgan fingerprint density at radius 1 is 1.23 bits per heavy atom. The van der Waals surface area contributed by atoms with Gasteiger partial charge in [-0.05, 0) is 35.4 Å². The Morgan fingerprint density at radius 3 is 2.89 bits per heavy atom. The number of anilines is 2. The number of aliphatic hydroxyl groups is 1. The molecule has 0 saturated heterocycles. The van der Waals surface area contributed by atoms with E-state index in [0.717, 1.165) is 27.9 Å². The predicted molar refractivity (Wildman–Crippen MR) is 130 cm³/mol. The number of benzene rings is 1. The molecule has 35 heavy (non-hydrogen) atoms. The molecular formula is C25H25ClFN5O3. The summed E-state index contributed by atoms with van der Waals surface area (Å²) in [6.45, 7) is 2.24. The first-order valence-electron chi connectivity index (χ1n) is 11.2. The van der Waals surface area contributed by atoms with Gasteiger partial charge in [-0.2, -0.15) is 0 Å². The van der Waals surface area contributed by atoms with E-state index in [1.165, 1.54) is 18.4 Å². The minimum Gasteiger partial charge on any atom is -0.392 e. The third-order valence-electron chi connectivity index (χ3n) is 6.21. The maximum absolute atomic E-state index is 13.9. The van der Waals surface area contributed by atoms with Crippen LogP contribution in [0.4, 0.5) is 16.0 Å². The summed E-state index contributed by atoms with van der Waals surface area (Å²) >= 11 is 6.52. The van der Waals surface area contributed by atoms with Crippen molar-refractivity contribution in [3.8, 4) is 11.1 Å². The molecule has 0 amide bonds. The summed E-state index contributed by atoms with van der Waals surface area (Å²) in [6.07, 6.45) is 5.17. The highest BCUT2D eigenvalue weighted by Crippen LogP contribution is 2.34. The third kappa shape index (κ3) is 5.08. The van der Waals surface area contributed by atoms with E-state index < -0.39 is 0 Å². The van der Waals surface area contributed by atoms with Crippen LogP contribution >= 0.6 is 11.6 Å². The summed E-state index contributed by atoms with van der Waals surface area (Å²) in [6, 6.07) is 10.3. The van der Waals surface area contributed by atoms with Gasteiger partial charge in [0, 0.05) is 62.0 Å². The number of halogens is 2. The quantitative estimate of drug-likeness (QED) is 0.368. The molecule has 182 valence electrons. The van der Waals surface area contributed by atoms with E-state index in [-0.39, 0.29) is 18.5 Å². The highest BCUT2D eigenvalue weighted by atomic mass is 35.5. The summed E-state index contributed by atoms with van der Waals surface area (Å²) < 4.78 is 26.5. The zero-order valence-corrected chi connectivity index (χ0v) is 19.9. The lowest BCUT2D eigenvalue weighted by Crippen LogP contribution is -2.44. The fourth-order valence-corrected chi connectivity index (χ4v) is 4.68. The molecule has 1 aromatic carbocycles. The molecule has 4 aromatic rings. The summed E-state index contributed by atoms with van der Waals surface area (Å²) in [7, 11) is 1.68. The first-order chi connectivity index (χ1) is 17.0. The van der Waals surface area contributed by atoms with E-state index in [1.807, 2.05) is 6.07 Å². The second-order valence-electron chi connectivity index (χ2n) is 8.52. The monoisotopic (exact) mass is 497 g/mol. The number of rotatable bonds is 8. The summed E-state index contributed by atoms with van der Waals surface area (Å²) in [5, 5.41) is 17.2. The number of methoxy groups -OCH3 is 1. The number of aromatic nitrogens is 3. The molecule has 1 atom stereocenters. The lowest BCUT2D eigenvalue weighted by Gasteiger charge is -2.36. The Hall–Kier alpha value is -3.24. The van der Waals surface area contributed by atoms with Crippen LogP contribution in [0.2, 0.25) is 5.02 Å². The highest BCUT2D eigenvalue weighted by Gasteiger charge is 2.28. The van der Waals surface area contributed by atoms with Gasteiger partial charge in [0.1, 0.15) is 17.9 Å².